The molecule has 74 valence electrons. The second kappa shape index (κ2) is 3.58. The van der Waals surface area contributed by atoms with Crippen molar-refractivity contribution in [3.8, 4) is 6.07 Å². The van der Waals surface area contributed by atoms with Crippen molar-refractivity contribution in [2.75, 3.05) is 0 Å². The highest BCUT2D eigenvalue weighted by Gasteiger charge is 2.23. The van der Waals surface area contributed by atoms with Gasteiger partial charge in [0.15, 0.2) is 0 Å². The number of pyridine rings is 1. The molecule has 0 radical (unpaired) electrons. The van der Waals surface area contributed by atoms with Crippen molar-refractivity contribution in [1.29, 1.82) is 5.26 Å². The number of halogens is 3. The Labute approximate surface area is 77.4 Å². The van der Waals surface area contributed by atoms with Gasteiger partial charge in [-0.05, 0) is 12.5 Å². The predicted octanol–water partition coefficient (Wildman–Crippen LogP) is 1.11. The highest BCUT2D eigenvalue weighted by molar-refractivity contribution is 6.57. The van der Waals surface area contributed by atoms with Crippen molar-refractivity contribution in [2.45, 2.75) is 6.44 Å². The van der Waals surface area contributed by atoms with E-state index in [0.717, 1.165) is 12.3 Å². The second-order valence-electron chi connectivity index (χ2n) is 2.73. The SMILES string of the molecule is N#Cc1ccc(=O)n(C[B-](F)(F)F)c1. The van der Waals surface area contributed by atoms with E-state index in [0.29, 0.717) is 4.57 Å². The Morgan fingerprint density at radius 1 is 1.43 bits per heavy atom. The van der Waals surface area contributed by atoms with E-state index in [1.165, 1.54) is 6.07 Å². The van der Waals surface area contributed by atoms with Crippen LogP contribution in [-0.2, 0) is 6.44 Å². The summed E-state index contributed by atoms with van der Waals surface area (Å²) in [6, 6.07) is 3.79. The van der Waals surface area contributed by atoms with Crippen molar-refractivity contribution >= 4 is 6.98 Å². The van der Waals surface area contributed by atoms with Gasteiger partial charge in [0, 0.05) is 12.3 Å². The minimum absolute atomic E-state index is 0.0321. The number of hydrogen-bond acceptors (Lipinski definition) is 2. The molecule has 0 bridgehead atoms. The summed E-state index contributed by atoms with van der Waals surface area (Å²) in [5.41, 5.74) is -0.729. The lowest BCUT2D eigenvalue weighted by molar-refractivity contribution is 0.443. The maximum Gasteiger partial charge on any atom is 0.497 e. The molecule has 0 aromatic carbocycles. The third-order valence-electron chi connectivity index (χ3n) is 1.52. The van der Waals surface area contributed by atoms with Crippen LogP contribution in [0.25, 0.3) is 0 Å². The van der Waals surface area contributed by atoms with E-state index in [1.807, 2.05) is 0 Å². The van der Waals surface area contributed by atoms with Gasteiger partial charge in [-0.1, -0.05) is 0 Å². The smallest absolute Gasteiger partial charge is 0.448 e. The topological polar surface area (TPSA) is 45.8 Å². The molecular weight excluding hydrogens is 196 g/mol. The van der Waals surface area contributed by atoms with Gasteiger partial charge in [0.2, 0.25) is 5.56 Å². The average Bonchev–Trinajstić information content (AvgIpc) is 2.06. The summed E-state index contributed by atoms with van der Waals surface area (Å²) < 4.78 is 36.4. The van der Waals surface area contributed by atoms with Crippen molar-refractivity contribution in [3.63, 3.8) is 0 Å². The first-order valence-corrected chi connectivity index (χ1v) is 3.74. The van der Waals surface area contributed by atoms with E-state index in [4.69, 9.17) is 5.26 Å². The number of nitriles is 1. The molecule has 1 aromatic heterocycles. The van der Waals surface area contributed by atoms with Crippen LogP contribution in [0.15, 0.2) is 23.1 Å². The summed E-state index contributed by atoms with van der Waals surface area (Å²) >= 11 is 0. The molecule has 0 aliphatic rings. The lowest BCUT2D eigenvalue weighted by Gasteiger charge is -2.15. The van der Waals surface area contributed by atoms with E-state index in [-0.39, 0.29) is 5.56 Å². The zero-order valence-corrected chi connectivity index (χ0v) is 6.95. The van der Waals surface area contributed by atoms with E-state index in [9.17, 15) is 17.7 Å². The van der Waals surface area contributed by atoms with Crippen molar-refractivity contribution < 1.29 is 12.9 Å². The molecular formula is C7H5BF3N2O-. The molecule has 0 atom stereocenters. The van der Waals surface area contributed by atoms with Crippen LogP contribution in [0.5, 0.6) is 0 Å². The van der Waals surface area contributed by atoms with Crippen LogP contribution in [0.3, 0.4) is 0 Å². The van der Waals surface area contributed by atoms with Crippen molar-refractivity contribution in [1.82, 2.24) is 4.57 Å². The van der Waals surface area contributed by atoms with Gasteiger partial charge in [0.05, 0.1) is 5.56 Å². The molecule has 1 aromatic rings. The number of rotatable bonds is 2. The minimum atomic E-state index is -5.07. The molecule has 0 spiro atoms. The van der Waals surface area contributed by atoms with Gasteiger partial charge in [-0.25, -0.2) is 0 Å². The van der Waals surface area contributed by atoms with Crippen molar-refractivity contribution in [3.05, 3.63) is 34.2 Å². The van der Waals surface area contributed by atoms with Crippen LogP contribution < -0.4 is 5.56 Å². The predicted molar refractivity (Wildman–Crippen MR) is 44.5 cm³/mol. The molecule has 0 aliphatic carbocycles. The van der Waals surface area contributed by atoms with E-state index in [2.05, 4.69) is 0 Å². The summed E-state index contributed by atoms with van der Waals surface area (Å²) in [5.74, 6) is 0. The van der Waals surface area contributed by atoms with Crippen LogP contribution in [0.4, 0.5) is 12.9 Å². The van der Waals surface area contributed by atoms with Gasteiger partial charge in [-0.2, -0.15) is 5.26 Å². The molecule has 0 saturated carbocycles. The van der Waals surface area contributed by atoms with Gasteiger partial charge < -0.3 is 17.5 Å². The Morgan fingerprint density at radius 3 is 2.57 bits per heavy atom. The summed E-state index contributed by atoms with van der Waals surface area (Å²) in [7, 11) is 0. The average molecular weight is 201 g/mol. The van der Waals surface area contributed by atoms with Gasteiger partial charge in [-0.3, -0.25) is 4.79 Å². The second-order valence-corrected chi connectivity index (χ2v) is 2.73. The first-order chi connectivity index (χ1) is 6.42. The largest absolute Gasteiger partial charge is 0.497 e. The van der Waals surface area contributed by atoms with Gasteiger partial charge in [-0.15, -0.1) is 0 Å². The maximum atomic E-state index is 12.0. The lowest BCUT2D eigenvalue weighted by Crippen LogP contribution is -2.31. The number of hydrogen-bond donors (Lipinski definition) is 0. The van der Waals surface area contributed by atoms with Crippen molar-refractivity contribution in [2.24, 2.45) is 0 Å². The summed E-state index contributed by atoms with van der Waals surface area (Å²) in [6.07, 6.45) is -0.411. The Bertz CT molecular complexity index is 432. The lowest BCUT2D eigenvalue weighted by atomic mass is 9.92. The third-order valence-corrected chi connectivity index (χ3v) is 1.52. The number of nitrogens with zero attached hydrogens (tertiary/aromatic N) is 2. The highest BCUT2D eigenvalue weighted by atomic mass is 19.4. The van der Waals surface area contributed by atoms with E-state index < -0.39 is 19.0 Å². The van der Waals surface area contributed by atoms with Crippen LogP contribution >= 0.6 is 0 Å². The molecule has 0 N–H and O–H groups in total. The highest BCUT2D eigenvalue weighted by Crippen LogP contribution is 2.10. The Hall–Kier alpha value is -1.71. The maximum absolute atomic E-state index is 12.0. The molecule has 1 heterocycles. The van der Waals surface area contributed by atoms with Crippen LogP contribution in [0.1, 0.15) is 5.56 Å². The van der Waals surface area contributed by atoms with Gasteiger partial charge in [0.25, 0.3) is 0 Å². The molecule has 0 fully saturated rings. The fourth-order valence-corrected chi connectivity index (χ4v) is 0.963. The van der Waals surface area contributed by atoms with E-state index in [1.54, 1.807) is 6.07 Å². The first-order valence-electron chi connectivity index (χ1n) is 3.74. The monoisotopic (exact) mass is 201 g/mol. The Kier molecular flexibility index (Phi) is 2.65. The molecule has 3 nitrogen and oxygen atoms in total. The van der Waals surface area contributed by atoms with Gasteiger partial charge in [0.1, 0.15) is 6.07 Å². The molecule has 1 rings (SSSR count). The van der Waals surface area contributed by atoms with E-state index >= 15 is 0 Å². The molecule has 0 saturated heterocycles. The van der Waals surface area contributed by atoms with Crippen LogP contribution in [0, 0.1) is 11.3 Å². The van der Waals surface area contributed by atoms with Gasteiger partial charge >= 0.3 is 6.98 Å². The summed E-state index contributed by atoms with van der Waals surface area (Å²) in [6.45, 7) is -5.07. The quantitative estimate of drug-likeness (QED) is 0.672. The summed E-state index contributed by atoms with van der Waals surface area (Å²) in [4.78, 5) is 10.9. The summed E-state index contributed by atoms with van der Waals surface area (Å²) in [5, 5.41) is 8.41. The zero-order chi connectivity index (χ0) is 10.8. The Morgan fingerprint density at radius 2 is 2.07 bits per heavy atom. The zero-order valence-electron chi connectivity index (χ0n) is 6.95. The standard InChI is InChI=1S/C7H5BF3N2O/c9-8(10,11)5-13-4-6(3-12)1-2-7(13)14/h1-2,4H,5H2/q-1. The third kappa shape index (κ3) is 2.66. The van der Waals surface area contributed by atoms with Crippen LogP contribution in [0.2, 0.25) is 0 Å². The Balaban J connectivity index is 3.09. The fourth-order valence-electron chi connectivity index (χ4n) is 0.963. The molecule has 0 aliphatic heterocycles. The molecule has 14 heavy (non-hydrogen) atoms. The van der Waals surface area contributed by atoms with Crippen LogP contribution in [-0.4, -0.2) is 11.5 Å². The normalized spacial score (nSPS) is 11.0. The first kappa shape index (κ1) is 10.4. The fraction of sp³-hybridized carbons (Fsp3) is 0.143. The molecule has 0 amide bonds. The molecule has 0 unspecified atom stereocenters. The minimum Gasteiger partial charge on any atom is -0.448 e. The number of aromatic nitrogens is 1. The molecule has 7 heteroatoms.